The molecule has 1 unspecified atom stereocenters. The Hall–Kier alpha value is -3.20. The number of rotatable bonds is 3. The molecule has 0 aliphatic heterocycles. The van der Waals surface area contributed by atoms with Crippen LogP contribution in [0.1, 0.15) is 59.1 Å². The first-order valence-corrected chi connectivity index (χ1v) is 10.7. The molecule has 1 atom stereocenters. The maximum absolute atomic E-state index is 14.7. The molecule has 170 valence electrons. The molecule has 1 aliphatic rings. The Kier molecular flexibility index (Phi) is 6.51. The number of fused-ring (bicyclic) bond motifs is 1. The van der Waals surface area contributed by atoms with Gasteiger partial charge in [0.2, 0.25) is 0 Å². The highest BCUT2D eigenvalue weighted by atomic mass is 19.2. The third kappa shape index (κ3) is 4.78. The minimum Gasteiger partial charge on any atom is -0.207 e. The van der Waals surface area contributed by atoms with Crippen molar-refractivity contribution in [2.24, 2.45) is 0 Å². The van der Waals surface area contributed by atoms with Crippen molar-refractivity contribution in [3.8, 4) is 11.8 Å². The van der Waals surface area contributed by atoms with Crippen LogP contribution in [0.4, 0.5) is 26.3 Å². The van der Waals surface area contributed by atoms with Crippen LogP contribution in [0, 0.1) is 46.7 Å². The van der Waals surface area contributed by atoms with Crippen LogP contribution in [0.3, 0.4) is 0 Å². The Morgan fingerprint density at radius 1 is 0.758 bits per heavy atom. The van der Waals surface area contributed by atoms with Crippen LogP contribution in [-0.2, 0) is 19.3 Å². The van der Waals surface area contributed by atoms with E-state index in [0.29, 0.717) is 30.4 Å². The van der Waals surface area contributed by atoms with E-state index in [-0.39, 0.29) is 23.1 Å². The molecule has 0 fully saturated rings. The molecule has 4 rings (SSSR count). The summed E-state index contributed by atoms with van der Waals surface area (Å²) in [5.41, 5.74) is 1.99. The predicted octanol–water partition coefficient (Wildman–Crippen LogP) is 7.15. The molecule has 0 aromatic heterocycles. The molecule has 0 saturated heterocycles. The van der Waals surface area contributed by atoms with E-state index in [1.807, 2.05) is 6.92 Å². The van der Waals surface area contributed by atoms with Crippen molar-refractivity contribution in [1.82, 2.24) is 0 Å². The summed E-state index contributed by atoms with van der Waals surface area (Å²) in [6, 6.07) is 7.05. The van der Waals surface area contributed by atoms with Gasteiger partial charge in [-0.1, -0.05) is 25.2 Å². The summed E-state index contributed by atoms with van der Waals surface area (Å²) >= 11 is 0. The van der Waals surface area contributed by atoms with Crippen molar-refractivity contribution in [2.45, 2.75) is 44.9 Å². The first-order valence-electron chi connectivity index (χ1n) is 10.7. The maximum Gasteiger partial charge on any atom is 0.194 e. The molecule has 3 aromatic carbocycles. The van der Waals surface area contributed by atoms with Crippen LogP contribution >= 0.6 is 0 Å². The fraction of sp³-hybridized carbons (Fsp3) is 0.259. The predicted molar refractivity (Wildman–Crippen MR) is 114 cm³/mol. The first kappa shape index (κ1) is 23.0. The van der Waals surface area contributed by atoms with Crippen LogP contribution < -0.4 is 0 Å². The van der Waals surface area contributed by atoms with Crippen LogP contribution in [0.5, 0.6) is 0 Å². The number of hydrogen-bond acceptors (Lipinski definition) is 0. The molecule has 0 bridgehead atoms. The summed E-state index contributed by atoms with van der Waals surface area (Å²) in [6.07, 6.45) is 2.62. The van der Waals surface area contributed by atoms with Gasteiger partial charge >= 0.3 is 0 Å². The average molecular weight is 458 g/mol. The summed E-state index contributed by atoms with van der Waals surface area (Å²) in [5.74, 6) is -1.58. The second-order valence-corrected chi connectivity index (χ2v) is 8.27. The minimum absolute atomic E-state index is 0.0265. The van der Waals surface area contributed by atoms with E-state index in [1.165, 1.54) is 18.2 Å². The van der Waals surface area contributed by atoms with E-state index in [0.717, 1.165) is 24.1 Å². The van der Waals surface area contributed by atoms with E-state index < -0.39 is 40.8 Å². The lowest BCUT2D eigenvalue weighted by molar-refractivity contribution is 0.446. The quantitative estimate of drug-likeness (QED) is 0.222. The van der Waals surface area contributed by atoms with Gasteiger partial charge in [0.15, 0.2) is 17.5 Å². The second kappa shape index (κ2) is 9.35. The summed E-state index contributed by atoms with van der Waals surface area (Å²) in [6.45, 7) is 1.94. The fourth-order valence-electron chi connectivity index (χ4n) is 4.35. The van der Waals surface area contributed by atoms with Gasteiger partial charge in [-0.2, -0.15) is 0 Å². The third-order valence-electron chi connectivity index (χ3n) is 5.93. The van der Waals surface area contributed by atoms with Crippen molar-refractivity contribution in [3.05, 3.63) is 105 Å². The largest absolute Gasteiger partial charge is 0.207 e. The normalized spacial score (nSPS) is 15.1. The van der Waals surface area contributed by atoms with Crippen LogP contribution in [-0.4, -0.2) is 0 Å². The Labute approximate surface area is 188 Å². The van der Waals surface area contributed by atoms with Gasteiger partial charge in [0.25, 0.3) is 0 Å². The molecule has 1 aliphatic carbocycles. The van der Waals surface area contributed by atoms with Crippen LogP contribution in [0.25, 0.3) is 0 Å². The zero-order valence-electron chi connectivity index (χ0n) is 17.8. The summed E-state index contributed by atoms with van der Waals surface area (Å²) in [5, 5.41) is 0. The lowest BCUT2D eigenvalue weighted by Crippen LogP contribution is -2.16. The molecule has 0 spiro atoms. The number of benzene rings is 3. The molecule has 0 nitrogen and oxygen atoms in total. The smallest absolute Gasteiger partial charge is 0.194 e. The molecule has 0 heterocycles. The number of halogens is 6. The first-order chi connectivity index (χ1) is 15.8. The molecule has 0 radical (unpaired) electrons. The molecular formula is C27H20F6. The van der Waals surface area contributed by atoms with Gasteiger partial charge in [-0.3, -0.25) is 0 Å². The second-order valence-electron chi connectivity index (χ2n) is 8.27. The zero-order valence-corrected chi connectivity index (χ0v) is 17.8. The zero-order chi connectivity index (χ0) is 23.7. The van der Waals surface area contributed by atoms with E-state index in [9.17, 15) is 26.3 Å². The molecule has 0 saturated carbocycles. The molecule has 6 heteroatoms. The topological polar surface area (TPSA) is 0 Å². The van der Waals surface area contributed by atoms with Gasteiger partial charge in [0.1, 0.15) is 17.5 Å². The molecule has 0 N–H and O–H groups in total. The fourth-order valence-corrected chi connectivity index (χ4v) is 4.35. The van der Waals surface area contributed by atoms with Gasteiger partial charge in [-0.15, -0.1) is 0 Å². The maximum atomic E-state index is 14.7. The Morgan fingerprint density at radius 3 is 2.06 bits per heavy atom. The van der Waals surface area contributed by atoms with Crippen LogP contribution in [0.15, 0.2) is 36.4 Å². The van der Waals surface area contributed by atoms with Crippen molar-refractivity contribution in [3.63, 3.8) is 0 Å². The highest BCUT2D eigenvalue weighted by molar-refractivity contribution is 5.48. The van der Waals surface area contributed by atoms with Crippen molar-refractivity contribution >= 4 is 0 Å². The van der Waals surface area contributed by atoms with Gasteiger partial charge in [-0.05, 0) is 84.7 Å². The summed E-state index contributed by atoms with van der Waals surface area (Å²) in [4.78, 5) is 0. The number of hydrogen-bond donors (Lipinski definition) is 0. The lowest BCUT2D eigenvalue weighted by Gasteiger charge is -2.26. The molecule has 3 aromatic rings. The highest BCUT2D eigenvalue weighted by Crippen LogP contribution is 2.36. The van der Waals surface area contributed by atoms with Crippen molar-refractivity contribution in [1.29, 1.82) is 0 Å². The van der Waals surface area contributed by atoms with E-state index >= 15 is 0 Å². The van der Waals surface area contributed by atoms with E-state index in [4.69, 9.17) is 0 Å². The third-order valence-corrected chi connectivity index (χ3v) is 5.93. The Bertz CT molecular complexity index is 1240. The Balaban J connectivity index is 1.60. The van der Waals surface area contributed by atoms with Crippen LogP contribution in [0.2, 0.25) is 0 Å². The van der Waals surface area contributed by atoms with E-state index in [2.05, 4.69) is 11.8 Å². The number of aryl methyl sites for hydroxylation is 2. The molecule has 33 heavy (non-hydrogen) atoms. The van der Waals surface area contributed by atoms with Gasteiger partial charge < -0.3 is 0 Å². The van der Waals surface area contributed by atoms with Crippen molar-refractivity contribution < 1.29 is 26.3 Å². The lowest BCUT2D eigenvalue weighted by atomic mass is 9.79. The Morgan fingerprint density at radius 2 is 1.42 bits per heavy atom. The molecule has 0 amide bonds. The van der Waals surface area contributed by atoms with Gasteiger partial charge in [0.05, 0.1) is 5.56 Å². The van der Waals surface area contributed by atoms with Gasteiger partial charge in [-0.25, -0.2) is 26.3 Å². The van der Waals surface area contributed by atoms with Crippen molar-refractivity contribution in [2.75, 3.05) is 0 Å². The van der Waals surface area contributed by atoms with E-state index in [1.54, 1.807) is 6.07 Å². The summed E-state index contributed by atoms with van der Waals surface area (Å²) < 4.78 is 83.8. The van der Waals surface area contributed by atoms with Gasteiger partial charge in [0, 0.05) is 11.1 Å². The monoisotopic (exact) mass is 458 g/mol. The minimum atomic E-state index is -1.59. The average Bonchev–Trinajstić information content (AvgIpc) is 2.75. The SMILES string of the molecule is CCCc1cc(F)c(C2CCc3cc(C#Cc4cc(F)c(F)c(F)c4)c(F)cc3C2)c(F)c1. The standard InChI is InChI=1S/C27H20F6/c1-2-3-15-8-22(29)26(23(30)9-15)19-7-6-17-12-18(21(28)14-20(17)13-19)5-4-16-10-24(31)27(33)25(32)11-16/h8-12,14,19H,2-3,6-7,13H2,1H3. The summed E-state index contributed by atoms with van der Waals surface area (Å²) in [7, 11) is 0. The highest BCUT2D eigenvalue weighted by Gasteiger charge is 2.26. The molecular weight excluding hydrogens is 438 g/mol.